The first-order chi connectivity index (χ1) is 14.5. The number of hydrogen-bond donors (Lipinski definition) is 2. The Labute approximate surface area is 173 Å². The van der Waals surface area contributed by atoms with E-state index in [4.69, 9.17) is 4.42 Å². The van der Waals surface area contributed by atoms with Crippen molar-refractivity contribution in [2.24, 2.45) is 7.05 Å². The standard InChI is InChI=1S/C21H23N5O4/c1-25-17-7-3-2-6-15(17)23-18(25)10-11-22-19(27)9-8-16-20(28)26(21(29)24-16)13-14-5-4-12-30-14/h2-7,12,16H,8-11,13H2,1H3,(H,22,27)(H,24,29)/t16-/m1/s1. The van der Waals surface area contributed by atoms with Crippen molar-refractivity contribution in [1.29, 1.82) is 0 Å². The van der Waals surface area contributed by atoms with Crippen LogP contribution in [-0.2, 0) is 29.6 Å². The zero-order chi connectivity index (χ0) is 21.1. The summed E-state index contributed by atoms with van der Waals surface area (Å²) in [4.78, 5) is 42.3. The van der Waals surface area contributed by atoms with E-state index >= 15 is 0 Å². The molecule has 3 heterocycles. The van der Waals surface area contributed by atoms with E-state index < -0.39 is 12.1 Å². The van der Waals surface area contributed by atoms with Crippen LogP contribution < -0.4 is 10.6 Å². The number of imide groups is 1. The van der Waals surface area contributed by atoms with Crippen molar-refractivity contribution in [3.05, 3.63) is 54.2 Å². The number of para-hydroxylation sites is 2. The number of carbonyl (C=O) groups is 3. The van der Waals surface area contributed by atoms with Crippen molar-refractivity contribution < 1.29 is 18.8 Å². The van der Waals surface area contributed by atoms with Gasteiger partial charge in [0, 0.05) is 26.4 Å². The zero-order valence-corrected chi connectivity index (χ0v) is 16.6. The molecule has 0 spiro atoms. The van der Waals surface area contributed by atoms with Gasteiger partial charge in [-0.25, -0.2) is 9.78 Å². The molecule has 2 N–H and O–H groups in total. The monoisotopic (exact) mass is 409 g/mol. The first-order valence-corrected chi connectivity index (χ1v) is 9.84. The minimum Gasteiger partial charge on any atom is -0.467 e. The molecule has 4 amide bonds. The number of carbonyl (C=O) groups excluding carboxylic acids is 3. The summed E-state index contributed by atoms with van der Waals surface area (Å²) in [6, 6.07) is 10.1. The van der Waals surface area contributed by atoms with Crippen molar-refractivity contribution in [1.82, 2.24) is 25.1 Å². The molecule has 3 aromatic rings. The van der Waals surface area contributed by atoms with E-state index in [2.05, 4.69) is 15.6 Å². The topological polar surface area (TPSA) is 109 Å². The van der Waals surface area contributed by atoms with Gasteiger partial charge in [-0.2, -0.15) is 0 Å². The van der Waals surface area contributed by atoms with Crippen molar-refractivity contribution >= 4 is 28.9 Å². The second-order valence-corrected chi connectivity index (χ2v) is 7.22. The minimum absolute atomic E-state index is 0.0817. The minimum atomic E-state index is -0.696. The predicted octanol–water partition coefficient (Wildman–Crippen LogP) is 1.73. The highest BCUT2D eigenvalue weighted by molar-refractivity contribution is 6.04. The van der Waals surface area contributed by atoms with Gasteiger partial charge in [-0.3, -0.25) is 14.5 Å². The maximum absolute atomic E-state index is 12.4. The lowest BCUT2D eigenvalue weighted by Gasteiger charge is -2.11. The summed E-state index contributed by atoms with van der Waals surface area (Å²) in [6.45, 7) is 0.532. The van der Waals surface area contributed by atoms with E-state index in [1.54, 1.807) is 12.1 Å². The molecule has 0 unspecified atom stereocenters. The number of aromatic nitrogens is 2. The summed E-state index contributed by atoms with van der Waals surface area (Å²) in [7, 11) is 1.95. The van der Waals surface area contributed by atoms with Crippen LogP contribution in [-0.4, -0.2) is 44.9 Å². The lowest BCUT2D eigenvalue weighted by molar-refractivity contribution is -0.128. The van der Waals surface area contributed by atoms with E-state index in [0.717, 1.165) is 21.8 Å². The molecule has 1 aliphatic rings. The van der Waals surface area contributed by atoms with Gasteiger partial charge >= 0.3 is 6.03 Å². The van der Waals surface area contributed by atoms with Crippen LogP contribution in [0.5, 0.6) is 0 Å². The second kappa shape index (κ2) is 8.40. The molecular formula is C21H23N5O4. The normalized spacial score (nSPS) is 16.3. The molecular weight excluding hydrogens is 386 g/mol. The third-order valence-corrected chi connectivity index (χ3v) is 5.21. The maximum Gasteiger partial charge on any atom is 0.325 e. The molecule has 0 saturated carbocycles. The van der Waals surface area contributed by atoms with Crippen LogP contribution in [0, 0.1) is 0 Å². The molecule has 156 valence electrons. The SMILES string of the molecule is Cn1c(CCNC(=O)CC[C@H]2NC(=O)N(Cc3ccco3)C2=O)nc2ccccc21. The summed E-state index contributed by atoms with van der Waals surface area (Å²) in [6.07, 6.45) is 2.49. The van der Waals surface area contributed by atoms with Crippen LogP contribution in [0.1, 0.15) is 24.4 Å². The molecule has 2 aromatic heterocycles. The average molecular weight is 409 g/mol. The Morgan fingerprint density at radius 3 is 2.83 bits per heavy atom. The number of furan rings is 1. The molecule has 1 aliphatic heterocycles. The number of amides is 4. The number of urea groups is 1. The first-order valence-electron chi connectivity index (χ1n) is 9.84. The van der Waals surface area contributed by atoms with Crippen molar-refractivity contribution in [3.63, 3.8) is 0 Å². The molecule has 1 saturated heterocycles. The number of imidazole rings is 1. The Morgan fingerprint density at radius 2 is 2.07 bits per heavy atom. The highest BCUT2D eigenvalue weighted by Gasteiger charge is 2.38. The summed E-state index contributed by atoms with van der Waals surface area (Å²) < 4.78 is 7.20. The highest BCUT2D eigenvalue weighted by Crippen LogP contribution is 2.16. The van der Waals surface area contributed by atoms with Gasteiger partial charge in [0.25, 0.3) is 5.91 Å². The number of aryl methyl sites for hydroxylation is 1. The maximum atomic E-state index is 12.4. The summed E-state index contributed by atoms with van der Waals surface area (Å²) in [5.41, 5.74) is 1.98. The third-order valence-electron chi connectivity index (χ3n) is 5.21. The summed E-state index contributed by atoms with van der Waals surface area (Å²) in [5, 5.41) is 5.48. The van der Waals surface area contributed by atoms with Gasteiger partial charge in [0.05, 0.1) is 23.8 Å². The Bertz CT molecular complexity index is 1070. The van der Waals surface area contributed by atoms with E-state index in [0.29, 0.717) is 18.7 Å². The lowest BCUT2D eigenvalue weighted by atomic mass is 10.1. The van der Waals surface area contributed by atoms with Crippen LogP contribution >= 0.6 is 0 Å². The second-order valence-electron chi connectivity index (χ2n) is 7.22. The number of hydrogen-bond acceptors (Lipinski definition) is 5. The van der Waals surface area contributed by atoms with Crippen LogP contribution in [0.2, 0.25) is 0 Å². The highest BCUT2D eigenvalue weighted by atomic mass is 16.3. The van der Waals surface area contributed by atoms with Gasteiger partial charge in [-0.05, 0) is 30.7 Å². The molecule has 9 heteroatoms. The van der Waals surface area contributed by atoms with E-state index in [9.17, 15) is 14.4 Å². The molecule has 1 fully saturated rings. The van der Waals surface area contributed by atoms with E-state index in [1.165, 1.54) is 6.26 Å². The van der Waals surface area contributed by atoms with E-state index in [-0.39, 0.29) is 31.2 Å². The molecule has 0 aliphatic carbocycles. The van der Waals surface area contributed by atoms with Gasteiger partial charge in [-0.1, -0.05) is 12.1 Å². The number of nitrogens with zero attached hydrogens (tertiary/aromatic N) is 3. The van der Waals surface area contributed by atoms with Gasteiger partial charge in [0.1, 0.15) is 17.6 Å². The lowest BCUT2D eigenvalue weighted by Crippen LogP contribution is -2.33. The van der Waals surface area contributed by atoms with Crippen molar-refractivity contribution in [3.8, 4) is 0 Å². The van der Waals surface area contributed by atoms with Crippen LogP contribution in [0.3, 0.4) is 0 Å². The van der Waals surface area contributed by atoms with Gasteiger partial charge in [-0.15, -0.1) is 0 Å². The van der Waals surface area contributed by atoms with Crippen LogP contribution in [0.15, 0.2) is 47.1 Å². The fourth-order valence-corrected chi connectivity index (χ4v) is 3.58. The Morgan fingerprint density at radius 1 is 1.23 bits per heavy atom. The molecule has 0 bridgehead atoms. The Hall–Kier alpha value is -3.62. The van der Waals surface area contributed by atoms with Gasteiger partial charge < -0.3 is 19.6 Å². The van der Waals surface area contributed by atoms with Gasteiger partial charge in [0.15, 0.2) is 0 Å². The molecule has 1 aromatic carbocycles. The molecule has 1 atom stereocenters. The molecule has 9 nitrogen and oxygen atoms in total. The summed E-state index contributed by atoms with van der Waals surface area (Å²) >= 11 is 0. The fourth-order valence-electron chi connectivity index (χ4n) is 3.58. The smallest absolute Gasteiger partial charge is 0.325 e. The quantitative estimate of drug-likeness (QED) is 0.551. The number of rotatable bonds is 8. The fraction of sp³-hybridized carbons (Fsp3) is 0.333. The number of benzene rings is 1. The molecule has 0 radical (unpaired) electrons. The molecule has 30 heavy (non-hydrogen) atoms. The largest absolute Gasteiger partial charge is 0.467 e. The Kier molecular flexibility index (Phi) is 5.51. The van der Waals surface area contributed by atoms with Crippen molar-refractivity contribution in [2.75, 3.05) is 6.54 Å². The first kappa shape index (κ1) is 19.7. The van der Waals surface area contributed by atoms with Crippen LogP contribution in [0.4, 0.5) is 4.79 Å². The van der Waals surface area contributed by atoms with E-state index in [1.807, 2.05) is 35.9 Å². The Balaban J connectivity index is 1.23. The number of fused-ring (bicyclic) bond motifs is 1. The van der Waals surface area contributed by atoms with Crippen molar-refractivity contribution in [2.45, 2.75) is 31.8 Å². The predicted molar refractivity (Wildman–Crippen MR) is 108 cm³/mol. The zero-order valence-electron chi connectivity index (χ0n) is 16.6. The number of nitrogens with one attached hydrogen (secondary N) is 2. The summed E-state index contributed by atoms with van der Waals surface area (Å²) in [5.74, 6) is 0.909. The molecule has 4 rings (SSSR count). The van der Waals surface area contributed by atoms with Crippen LogP contribution in [0.25, 0.3) is 11.0 Å². The average Bonchev–Trinajstić information content (AvgIpc) is 3.43. The van der Waals surface area contributed by atoms with Gasteiger partial charge in [0.2, 0.25) is 5.91 Å². The third kappa shape index (κ3) is 4.05.